The summed E-state index contributed by atoms with van der Waals surface area (Å²) < 4.78 is 24.8. The number of hydrogen-bond donors (Lipinski definition) is 2. The average Bonchev–Trinajstić information content (AvgIpc) is 3.23. The molecule has 12 heteroatoms. The number of pyridine rings is 2. The van der Waals surface area contributed by atoms with Gasteiger partial charge in [0.1, 0.15) is 23.6 Å². The van der Waals surface area contributed by atoms with Crippen LogP contribution >= 0.6 is 11.6 Å². The lowest BCUT2D eigenvalue weighted by Gasteiger charge is -2.38. The predicted octanol–water partition coefficient (Wildman–Crippen LogP) is 3.62. The molecule has 2 fully saturated rings. The first-order valence-corrected chi connectivity index (χ1v) is 12.0. The number of carbonyl (C=O) groups is 3. The molecule has 1 aliphatic carbocycles. The molecule has 36 heavy (non-hydrogen) atoms. The lowest BCUT2D eigenvalue weighted by Crippen LogP contribution is -2.49. The molecule has 5 rings (SSSR count). The first-order chi connectivity index (χ1) is 17.4. The van der Waals surface area contributed by atoms with Crippen molar-refractivity contribution in [3.8, 4) is 0 Å². The van der Waals surface area contributed by atoms with Crippen molar-refractivity contribution in [1.29, 1.82) is 0 Å². The topological polar surface area (TPSA) is 127 Å². The zero-order chi connectivity index (χ0) is 25.2. The number of aromatic nitrogens is 2. The fourth-order valence-corrected chi connectivity index (χ4v) is 4.75. The van der Waals surface area contributed by atoms with Gasteiger partial charge in [0.15, 0.2) is 5.58 Å². The van der Waals surface area contributed by atoms with Crippen molar-refractivity contribution in [1.82, 2.24) is 14.9 Å². The molecule has 188 valence electrons. The van der Waals surface area contributed by atoms with E-state index in [-0.39, 0.29) is 58.7 Å². The summed E-state index contributed by atoms with van der Waals surface area (Å²) in [7, 11) is 0. The van der Waals surface area contributed by atoms with Crippen LogP contribution in [-0.2, 0) is 14.3 Å². The molecular weight excluding hydrogens is 493 g/mol. The number of carbonyl (C=O) groups excluding carboxylic acids is 3. The van der Waals surface area contributed by atoms with E-state index in [2.05, 4.69) is 20.6 Å². The van der Waals surface area contributed by atoms with Crippen LogP contribution in [0.25, 0.3) is 11.1 Å². The molecule has 0 radical (unpaired) electrons. The van der Waals surface area contributed by atoms with Gasteiger partial charge in [-0.25, -0.2) is 9.97 Å². The Bertz CT molecular complexity index is 1310. The van der Waals surface area contributed by atoms with Gasteiger partial charge in [-0.15, -0.1) is 0 Å². The lowest BCUT2D eigenvalue weighted by molar-refractivity contribution is -0.146. The van der Waals surface area contributed by atoms with E-state index in [1.807, 2.05) is 4.90 Å². The first-order valence-electron chi connectivity index (χ1n) is 11.6. The summed E-state index contributed by atoms with van der Waals surface area (Å²) in [5.41, 5.74) is 0.173. The van der Waals surface area contributed by atoms with Gasteiger partial charge in [0.05, 0.1) is 11.6 Å². The van der Waals surface area contributed by atoms with E-state index >= 15 is 0 Å². The molecule has 2 N–H and O–H groups in total. The quantitative estimate of drug-likeness (QED) is 0.497. The molecule has 0 spiro atoms. The van der Waals surface area contributed by atoms with E-state index < -0.39 is 11.9 Å². The summed E-state index contributed by atoms with van der Waals surface area (Å²) in [4.78, 5) is 48.0. The molecular formula is C24H23ClFN5O5. The van der Waals surface area contributed by atoms with Gasteiger partial charge in [-0.05, 0) is 49.9 Å². The number of halogens is 2. The highest BCUT2D eigenvalue weighted by molar-refractivity contribution is 6.30. The minimum Gasteiger partial charge on any atom is -0.447 e. The smallest absolute Gasteiger partial charge is 0.294 e. The van der Waals surface area contributed by atoms with Gasteiger partial charge in [0.25, 0.3) is 5.91 Å². The maximum absolute atomic E-state index is 13.9. The van der Waals surface area contributed by atoms with Crippen molar-refractivity contribution in [2.24, 2.45) is 5.92 Å². The number of fused-ring (bicyclic) bond motifs is 1. The van der Waals surface area contributed by atoms with Crippen LogP contribution in [0.5, 0.6) is 0 Å². The number of rotatable bonds is 5. The van der Waals surface area contributed by atoms with Crippen molar-refractivity contribution in [2.45, 2.75) is 31.7 Å². The van der Waals surface area contributed by atoms with Gasteiger partial charge >= 0.3 is 0 Å². The van der Waals surface area contributed by atoms with Crippen molar-refractivity contribution < 1.29 is 27.9 Å². The Kier molecular flexibility index (Phi) is 6.84. The zero-order valence-electron chi connectivity index (χ0n) is 19.1. The Morgan fingerprint density at radius 2 is 1.92 bits per heavy atom. The molecule has 2 aliphatic rings. The van der Waals surface area contributed by atoms with Crippen LogP contribution in [0.3, 0.4) is 0 Å². The predicted molar refractivity (Wildman–Crippen MR) is 128 cm³/mol. The molecule has 1 saturated heterocycles. The molecule has 3 aromatic rings. The van der Waals surface area contributed by atoms with Crippen LogP contribution < -0.4 is 10.6 Å². The number of ether oxygens (including phenoxy) is 1. The highest BCUT2D eigenvalue weighted by Gasteiger charge is 2.34. The molecule has 3 aromatic heterocycles. The van der Waals surface area contributed by atoms with Gasteiger partial charge < -0.3 is 24.7 Å². The molecule has 0 aromatic carbocycles. The fraction of sp³-hybridized carbons (Fsp3) is 0.375. The van der Waals surface area contributed by atoms with E-state index in [9.17, 15) is 18.8 Å². The molecule has 0 unspecified atom stereocenters. The number of amides is 3. The van der Waals surface area contributed by atoms with Crippen LogP contribution in [0, 0.1) is 11.9 Å². The summed E-state index contributed by atoms with van der Waals surface area (Å²) >= 11 is 5.84. The first kappa shape index (κ1) is 24.1. The summed E-state index contributed by atoms with van der Waals surface area (Å²) in [5.74, 6) is -2.16. The molecule has 4 heterocycles. The Labute approximate surface area is 210 Å². The van der Waals surface area contributed by atoms with Crippen molar-refractivity contribution in [3.63, 3.8) is 0 Å². The van der Waals surface area contributed by atoms with Crippen LogP contribution in [0.4, 0.5) is 15.9 Å². The molecule has 10 nitrogen and oxygen atoms in total. The van der Waals surface area contributed by atoms with E-state index in [4.69, 9.17) is 20.8 Å². The number of hydrogen-bond acceptors (Lipinski definition) is 7. The number of anilines is 2. The maximum Gasteiger partial charge on any atom is 0.294 e. The normalized spacial score (nSPS) is 20.4. The Morgan fingerprint density at radius 1 is 1.11 bits per heavy atom. The monoisotopic (exact) mass is 515 g/mol. The Morgan fingerprint density at radius 3 is 2.64 bits per heavy atom. The summed E-state index contributed by atoms with van der Waals surface area (Å²) in [6.07, 6.45) is 3.86. The Balaban J connectivity index is 1.33. The second-order valence-corrected chi connectivity index (χ2v) is 9.17. The zero-order valence-corrected chi connectivity index (χ0v) is 19.9. The van der Waals surface area contributed by atoms with Gasteiger partial charge in [-0.3, -0.25) is 14.4 Å². The average molecular weight is 516 g/mol. The third-order valence-electron chi connectivity index (χ3n) is 6.45. The molecule has 0 atom stereocenters. The SMILES string of the molecule is O=C(Nc1ccc(Cl)cn1)c1oc2ccc(F)nc2c1NC(=O)C1CCC(N2CCOCC2=O)CC1. The lowest BCUT2D eigenvalue weighted by atomic mass is 9.84. The fourth-order valence-electron chi connectivity index (χ4n) is 4.64. The molecule has 1 saturated carbocycles. The van der Waals surface area contributed by atoms with Crippen molar-refractivity contribution >= 4 is 51.9 Å². The summed E-state index contributed by atoms with van der Waals surface area (Å²) in [5, 5.41) is 5.72. The van der Waals surface area contributed by atoms with Crippen LogP contribution in [0.2, 0.25) is 5.02 Å². The summed E-state index contributed by atoms with van der Waals surface area (Å²) in [6.45, 7) is 1.16. The molecule has 3 amide bonds. The molecule has 1 aliphatic heterocycles. The van der Waals surface area contributed by atoms with Crippen LogP contribution in [-0.4, -0.2) is 58.4 Å². The third-order valence-corrected chi connectivity index (χ3v) is 6.68. The highest BCUT2D eigenvalue weighted by atomic mass is 35.5. The molecule has 0 bridgehead atoms. The number of furan rings is 1. The number of nitrogens with one attached hydrogen (secondary N) is 2. The van der Waals surface area contributed by atoms with E-state index in [1.54, 1.807) is 6.07 Å². The number of nitrogens with zero attached hydrogens (tertiary/aromatic N) is 3. The highest BCUT2D eigenvalue weighted by Crippen LogP contribution is 2.33. The van der Waals surface area contributed by atoms with Crippen molar-refractivity contribution in [2.75, 3.05) is 30.4 Å². The van der Waals surface area contributed by atoms with Gasteiger partial charge in [-0.2, -0.15) is 4.39 Å². The van der Waals surface area contributed by atoms with Crippen molar-refractivity contribution in [3.05, 3.63) is 47.2 Å². The second-order valence-electron chi connectivity index (χ2n) is 8.74. The minimum atomic E-state index is -0.777. The van der Waals surface area contributed by atoms with Crippen LogP contribution in [0.1, 0.15) is 36.2 Å². The van der Waals surface area contributed by atoms with Gasteiger partial charge in [-0.1, -0.05) is 11.6 Å². The number of morpholine rings is 1. The standard InChI is InChI=1S/C24H23ClFN5O5/c25-14-3-8-18(27-11-14)29-24(34)22-21(20-16(36-22)6-7-17(26)28-20)30-23(33)13-1-4-15(5-2-13)31-9-10-35-12-19(31)32/h3,6-8,11,13,15H,1-2,4-5,9-10,12H2,(H,30,33)(H,27,29,34). The Hall–Kier alpha value is -3.57. The maximum atomic E-state index is 13.9. The summed E-state index contributed by atoms with van der Waals surface area (Å²) in [6, 6.07) is 5.59. The second kappa shape index (κ2) is 10.2. The van der Waals surface area contributed by atoms with Gasteiger partial charge in [0, 0.05) is 24.7 Å². The minimum absolute atomic E-state index is 0.00792. The third kappa shape index (κ3) is 5.02. The van der Waals surface area contributed by atoms with Gasteiger partial charge in [0.2, 0.25) is 23.5 Å². The largest absolute Gasteiger partial charge is 0.447 e. The van der Waals surface area contributed by atoms with Crippen LogP contribution in [0.15, 0.2) is 34.9 Å². The van der Waals surface area contributed by atoms with E-state index in [1.165, 1.54) is 18.3 Å². The van der Waals surface area contributed by atoms with E-state index in [0.717, 1.165) is 6.07 Å². The van der Waals surface area contributed by atoms with E-state index in [0.29, 0.717) is 43.9 Å².